The van der Waals surface area contributed by atoms with Gasteiger partial charge in [0.05, 0.1) is 6.20 Å². The van der Waals surface area contributed by atoms with Crippen LogP contribution in [0.2, 0.25) is 0 Å². The van der Waals surface area contributed by atoms with Crippen molar-refractivity contribution in [2.24, 2.45) is 0 Å². The first kappa shape index (κ1) is 11.7. The summed E-state index contributed by atoms with van der Waals surface area (Å²) in [6, 6.07) is 1.73. The summed E-state index contributed by atoms with van der Waals surface area (Å²) < 4.78 is 1.79. The van der Waals surface area contributed by atoms with Crippen LogP contribution in [0.3, 0.4) is 0 Å². The fourth-order valence-corrected chi connectivity index (χ4v) is 1.99. The molecule has 0 bridgehead atoms. The van der Waals surface area contributed by atoms with E-state index in [4.69, 9.17) is 5.11 Å². The molecule has 0 aliphatic heterocycles. The number of aromatic carboxylic acids is 1. The molecule has 0 saturated carbocycles. The number of carbonyl (C=O) groups is 1. The van der Waals surface area contributed by atoms with Crippen LogP contribution >= 0.6 is 15.9 Å². The molecule has 0 aromatic carbocycles. The fraction of sp³-hybridized carbons (Fsp3) is 0.200. The van der Waals surface area contributed by atoms with E-state index in [9.17, 15) is 4.79 Å². The standard InChI is InChI=1S/C10H9BrN4O2/c1-5-3-8(14-6(2)13-5)15-9(11)7(4-12-15)10(16)17/h3-4H,1-2H3,(H,16,17). The van der Waals surface area contributed by atoms with E-state index in [0.29, 0.717) is 16.2 Å². The predicted molar refractivity (Wildman–Crippen MR) is 63.3 cm³/mol. The second-order valence-corrected chi connectivity index (χ2v) is 4.23. The highest BCUT2D eigenvalue weighted by molar-refractivity contribution is 9.10. The SMILES string of the molecule is Cc1cc(-n2ncc(C(=O)O)c2Br)nc(C)n1. The summed E-state index contributed by atoms with van der Waals surface area (Å²) in [5.74, 6) is 0.110. The maximum absolute atomic E-state index is 10.9. The zero-order valence-electron chi connectivity index (χ0n) is 9.18. The number of halogens is 1. The van der Waals surface area contributed by atoms with Crippen LogP contribution < -0.4 is 0 Å². The van der Waals surface area contributed by atoms with Gasteiger partial charge in [-0.3, -0.25) is 0 Å². The maximum atomic E-state index is 10.9. The molecule has 0 aliphatic rings. The van der Waals surface area contributed by atoms with Crippen LogP contribution in [0.5, 0.6) is 0 Å². The Labute approximate surface area is 105 Å². The molecule has 2 rings (SSSR count). The highest BCUT2D eigenvalue weighted by atomic mass is 79.9. The molecule has 0 radical (unpaired) electrons. The Morgan fingerprint density at radius 1 is 1.41 bits per heavy atom. The Kier molecular flexibility index (Phi) is 2.93. The number of carboxylic acid groups (broad SMARTS) is 1. The van der Waals surface area contributed by atoms with Gasteiger partial charge in [-0.05, 0) is 29.8 Å². The van der Waals surface area contributed by atoms with Crippen LogP contribution in [0.1, 0.15) is 21.9 Å². The molecule has 1 N–H and O–H groups in total. The second-order valence-electron chi connectivity index (χ2n) is 3.48. The third kappa shape index (κ3) is 2.19. The van der Waals surface area contributed by atoms with E-state index in [1.165, 1.54) is 10.9 Å². The molecule has 0 amide bonds. The van der Waals surface area contributed by atoms with Gasteiger partial charge in [0.2, 0.25) is 0 Å². The van der Waals surface area contributed by atoms with Crippen LogP contribution in [0.4, 0.5) is 0 Å². The normalized spacial score (nSPS) is 10.5. The van der Waals surface area contributed by atoms with Gasteiger partial charge in [-0.1, -0.05) is 0 Å². The number of hydrogen-bond donors (Lipinski definition) is 1. The summed E-state index contributed by atoms with van der Waals surface area (Å²) in [6.45, 7) is 3.61. The fourth-order valence-electron chi connectivity index (χ4n) is 1.44. The summed E-state index contributed by atoms with van der Waals surface area (Å²) in [4.78, 5) is 19.2. The largest absolute Gasteiger partial charge is 0.478 e. The van der Waals surface area contributed by atoms with Crippen LogP contribution in [-0.2, 0) is 0 Å². The molecule has 6 nitrogen and oxygen atoms in total. The number of rotatable bonds is 2. The monoisotopic (exact) mass is 296 g/mol. The Balaban J connectivity index is 2.57. The summed E-state index contributed by atoms with van der Waals surface area (Å²) >= 11 is 3.20. The highest BCUT2D eigenvalue weighted by Gasteiger charge is 2.16. The molecular weight excluding hydrogens is 288 g/mol. The summed E-state index contributed by atoms with van der Waals surface area (Å²) in [5, 5.41) is 12.9. The van der Waals surface area contributed by atoms with E-state index in [-0.39, 0.29) is 5.56 Å². The van der Waals surface area contributed by atoms with E-state index >= 15 is 0 Å². The molecule has 17 heavy (non-hydrogen) atoms. The van der Waals surface area contributed by atoms with Gasteiger partial charge >= 0.3 is 5.97 Å². The van der Waals surface area contributed by atoms with Gasteiger partial charge in [0.25, 0.3) is 0 Å². The molecule has 0 spiro atoms. The Morgan fingerprint density at radius 3 is 2.65 bits per heavy atom. The lowest BCUT2D eigenvalue weighted by atomic mass is 10.4. The second kappa shape index (κ2) is 4.25. The highest BCUT2D eigenvalue weighted by Crippen LogP contribution is 2.20. The van der Waals surface area contributed by atoms with Crippen molar-refractivity contribution in [1.82, 2.24) is 19.7 Å². The number of nitrogens with zero attached hydrogens (tertiary/aromatic N) is 4. The molecule has 0 fully saturated rings. The van der Waals surface area contributed by atoms with Crippen molar-refractivity contribution in [3.63, 3.8) is 0 Å². The Bertz CT molecular complexity index is 574. The minimum absolute atomic E-state index is 0.0962. The first-order chi connectivity index (χ1) is 7.99. The van der Waals surface area contributed by atoms with Crippen molar-refractivity contribution in [3.8, 4) is 5.82 Å². The predicted octanol–water partition coefficient (Wildman–Crippen LogP) is 1.74. The number of aryl methyl sites for hydroxylation is 2. The number of carboxylic acids is 1. The third-order valence-electron chi connectivity index (χ3n) is 2.11. The Hall–Kier alpha value is -1.76. The summed E-state index contributed by atoms with van der Waals surface area (Å²) in [7, 11) is 0. The molecule has 0 atom stereocenters. The van der Waals surface area contributed by atoms with Crippen LogP contribution in [-0.4, -0.2) is 30.8 Å². The average molecular weight is 297 g/mol. The van der Waals surface area contributed by atoms with Crippen LogP contribution in [0.15, 0.2) is 16.9 Å². The number of hydrogen-bond acceptors (Lipinski definition) is 4. The molecule has 2 heterocycles. The molecular formula is C10H9BrN4O2. The van der Waals surface area contributed by atoms with Crippen molar-refractivity contribution in [2.75, 3.05) is 0 Å². The van der Waals surface area contributed by atoms with Crippen LogP contribution in [0, 0.1) is 13.8 Å². The molecule has 7 heteroatoms. The maximum Gasteiger partial charge on any atom is 0.340 e. The van der Waals surface area contributed by atoms with Gasteiger partial charge in [0.1, 0.15) is 16.0 Å². The van der Waals surface area contributed by atoms with Gasteiger partial charge in [-0.2, -0.15) is 5.10 Å². The summed E-state index contributed by atoms with van der Waals surface area (Å²) in [5.41, 5.74) is 0.894. The minimum Gasteiger partial charge on any atom is -0.478 e. The van der Waals surface area contributed by atoms with Crippen molar-refractivity contribution in [3.05, 3.63) is 33.9 Å². The molecule has 2 aromatic rings. The van der Waals surface area contributed by atoms with E-state index in [1.54, 1.807) is 13.0 Å². The van der Waals surface area contributed by atoms with Gasteiger partial charge in [-0.25, -0.2) is 19.4 Å². The molecule has 2 aromatic heterocycles. The lowest BCUT2D eigenvalue weighted by Gasteiger charge is -2.04. The molecule has 0 aliphatic carbocycles. The van der Waals surface area contributed by atoms with E-state index in [0.717, 1.165) is 5.69 Å². The number of aromatic nitrogens is 4. The van der Waals surface area contributed by atoms with Crippen molar-refractivity contribution >= 4 is 21.9 Å². The quantitative estimate of drug-likeness (QED) is 0.913. The average Bonchev–Trinajstić information content (AvgIpc) is 2.58. The molecule has 0 saturated heterocycles. The smallest absolute Gasteiger partial charge is 0.340 e. The van der Waals surface area contributed by atoms with Gasteiger partial charge in [0.15, 0.2) is 5.82 Å². The van der Waals surface area contributed by atoms with E-state index < -0.39 is 5.97 Å². The van der Waals surface area contributed by atoms with E-state index in [2.05, 4.69) is 31.0 Å². The lowest BCUT2D eigenvalue weighted by Crippen LogP contribution is -2.04. The first-order valence-electron chi connectivity index (χ1n) is 4.78. The Morgan fingerprint density at radius 2 is 2.12 bits per heavy atom. The van der Waals surface area contributed by atoms with Crippen molar-refractivity contribution in [2.45, 2.75) is 13.8 Å². The van der Waals surface area contributed by atoms with Gasteiger partial charge in [-0.15, -0.1) is 0 Å². The van der Waals surface area contributed by atoms with Gasteiger partial charge in [0, 0.05) is 11.8 Å². The first-order valence-corrected chi connectivity index (χ1v) is 5.58. The molecule has 0 unspecified atom stereocenters. The lowest BCUT2D eigenvalue weighted by molar-refractivity contribution is 0.0696. The third-order valence-corrected chi connectivity index (χ3v) is 2.87. The topological polar surface area (TPSA) is 80.9 Å². The summed E-state index contributed by atoms with van der Waals surface area (Å²) in [6.07, 6.45) is 1.28. The van der Waals surface area contributed by atoms with Crippen LogP contribution in [0.25, 0.3) is 5.82 Å². The zero-order valence-corrected chi connectivity index (χ0v) is 10.8. The molecule has 88 valence electrons. The van der Waals surface area contributed by atoms with E-state index in [1.807, 2.05) is 6.92 Å². The zero-order chi connectivity index (χ0) is 12.6. The van der Waals surface area contributed by atoms with Gasteiger partial charge < -0.3 is 5.11 Å². The van der Waals surface area contributed by atoms with Crippen molar-refractivity contribution < 1.29 is 9.90 Å². The minimum atomic E-state index is -1.04. The van der Waals surface area contributed by atoms with Crippen molar-refractivity contribution in [1.29, 1.82) is 0 Å².